The van der Waals surface area contributed by atoms with E-state index in [-0.39, 0.29) is 17.4 Å². The molecule has 0 aliphatic carbocycles. The summed E-state index contributed by atoms with van der Waals surface area (Å²) in [5.41, 5.74) is 6.82. The van der Waals surface area contributed by atoms with Gasteiger partial charge in [-0.2, -0.15) is 4.98 Å². The molecule has 0 aliphatic heterocycles. The number of nitrogens with zero attached hydrogens (tertiary/aromatic N) is 2. The minimum absolute atomic E-state index is 0.154. The maximum absolute atomic E-state index is 9.45. The summed E-state index contributed by atoms with van der Waals surface area (Å²) in [5, 5.41) is 22.6. The molecule has 4 N–H and O–H groups in total. The highest BCUT2D eigenvalue weighted by Gasteiger charge is 2.18. The molecule has 0 amide bonds. The second kappa shape index (κ2) is 5.92. The third kappa shape index (κ3) is 3.08. The largest absolute Gasteiger partial charge is 0.504 e. The topological polar surface area (TPSA) is 105 Å². The molecule has 1 aromatic carbocycles. The van der Waals surface area contributed by atoms with Gasteiger partial charge >= 0.3 is 0 Å². The van der Waals surface area contributed by atoms with Crippen LogP contribution in [0.1, 0.15) is 49.5 Å². The maximum Gasteiger partial charge on any atom is 0.243 e. The van der Waals surface area contributed by atoms with Crippen molar-refractivity contribution < 1.29 is 14.7 Å². The van der Waals surface area contributed by atoms with Gasteiger partial charge in [0.05, 0.1) is 6.04 Å². The summed E-state index contributed by atoms with van der Waals surface area (Å²) in [4.78, 5) is 4.30. The van der Waals surface area contributed by atoms with Crippen LogP contribution < -0.4 is 5.73 Å². The van der Waals surface area contributed by atoms with Crippen LogP contribution in [0.2, 0.25) is 0 Å². The van der Waals surface area contributed by atoms with E-state index in [2.05, 4.69) is 17.1 Å². The van der Waals surface area contributed by atoms with Gasteiger partial charge in [-0.25, -0.2) is 0 Å². The summed E-state index contributed by atoms with van der Waals surface area (Å²) in [7, 11) is 0. The molecule has 0 fully saturated rings. The van der Waals surface area contributed by atoms with Crippen molar-refractivity contribution in [3.8, 4) is 11.5 Å². The fourth-order valence-electron chi connectivity index (χ4n) is 1.82. The van der Waals surface area contributed by atoms with E-state index in [1.165, 1.54) is 12.1 Å². The summed E-state index contributed by atoms with van der Waals surface area (Å²) < 4.78 is 5.18. The lowest BCUT2D eigenvalue weighted by Gasteiger charge is -2.07. The van der Waals surface area contributed by atoms with Crippen molar-refractivity contribution in [1.29, 1.82) is 0 Å². The molecule has 0 saturated carbocycles. The molecular weight excluding hydrogens is 258 g/mol. The summed E-state index contributed by atoms with van der Waals surface area (Å²) >= 11 is 0. The molecule has 2 atom stereocenters. The number of aromatic hydroxyl groups is 2. The van der Waals surface area contributed by atoms with Crippen molar-refractivity contribution in [2.75, 3.05) is 0 Å². The SMILES string of the molecule is CCC(C)c1noc(C(N)Cc2ccc(O)c(O)c2)n1. The number of hydrogen-bond donors (Lipinski definition) is 3. The first kappa shape index (κ1) is 14.3. The highest BCUT2D eigenvalue weighted by atomic mass is 16.5. The van der Waals surface area contributed by atoms with Crippen LogP contribution in [0.4, 0.5) is 0 Å². The molecule has 0 radical (unpaired) electrons. The van der Waals surface area contributed by atoms with Gasteiger partial charge in [0.2, 0.25) is 5.89 Å². The zero-order valence-electron chi connectivity index (χ0n) is 11.6. The number of nitrogens with two attached hydrogens (primary N) is 1. The monoisotopic (exact) mass is 277 g/mol. The Morgan fingerprint density at radius 1 is 1.30 bits per heavy atom. The lowest BCUT2D eigenvalue weighted by molar-refractivity contribution is 0.347. The lowest BCUT2D eigenvalue weighted by Crippen LogP contribution is -2.14. The van der Waals surface area contributed by atoms with Crippen molar-refractivity contribution in [3.63, 3.8) is 0 Å². The Kier molecular flexibility index (Phi) is 4.24. The number of phenolic OH excluding ortho intramolecular Hbond substituents is 2. The molecule has 2 rings (SSSR count). The molecule has 1 aromatic heterocycles. The smallest absolute Gasteiger partial charge is 0.243 e. The molecule has 6 nitrogen and oxygen atoms in total. The third-order valence-corrected chi connectivity index (χ3v) is 3.32. The molecule has 0 bridgehead atoms. The highest BCUT2D eigenvalue weighted by molar-refractivity contribution is 5.40. The molecule has 6 heteroatoms. The zero-order valence-corrected chi connectivity index (χ0v) is 11.6. The first-order valence-electron chi connectivity index (χ1n) is 6.61. The number of rotatable bonds is 5. The van der Waals surface area contributed by atoms with Crippen LogP contribution in [-0.2, 0) is 6.42 Å². The Hall–Kier alpha value is -2.08. The van der Waals surface area contributed by atoms with Gasteiger partial charge in [0.15, 0.2) is 17.3 Å². The molecule has 0 saturated heterocycles. The van der Waals surface area contributed by atoms with E-state index in [0.29, 0.717) is 18.1 Å². The van der Waals surface area contributed by atoms with E-state index in [4.69, 9.17) is 10.3 Å². The van der Waals surface area contributed by atoms with Gasteiger partial charge in [-0.1, -0.05) is 25.1 Å². The maximum atomic E-state index is 9.45. The number of benzene rings is 1. The van der Waals surface area contributed by atoms with E-state index in [9.17, 15) is 10.2 Å². The van der Waals surface area contributed by atoms with Crippen molar-refractivity contribution in [3.05, 3.63) is 35.5 Å². The summed E-state index contributed by atoms with van der Waals surface area (Å²) in [6, 6.07) is 4.15. The van der Waals surface area contributed by atoms with Crippen molar-refractivity contribution in [2.24, 2.45) is 5.73 Å². The standard InChI is InChI=1S/C14H19N3O3/c1-3-8(2)13-16-14(20-17-13)10(15)6-9-4-5-11(18)12(19)7-9/h4-5,7-8,10,18-19H,3,6,15H2,1-2H3. The fourth-order valence-corrected chi connectivity index (χ4v) is 1.82. The lowest BCUT2D eigenvalue weighted by atomic mass is 10.1. The van der Waals surface area contributed by atoms with E-state index >= 15 is 0 Å². The van der Waals surface area contributed by atoms with Gasteiger partial charge in [-0.3, -0.25) is 0 Å². The van der Waals surface area contributed by atoms with Crippen LogP contribution in [-0.4, -0.2) is 20.4 Å². The van der Waals surface area contributed by atoms with Crippen LogP contribution in [0.25, 0.3) is 0 Å². The number of phenols is 2. The van der Waals surface area contributed by atoms with E-state index in [0.717, 1.165) is 12.0 Å². The molecule has 2 aromatic rings. The number of aromatic nitrogens is 2. The van der Waals surface area contributed by atoms with Crippen LogP contribution in [0, 0.1) is 0 Å². The normalized spacial score (nSPS) is 14.2. The summed E-state index contributed by atoms with van der Waals surface area (Å²) in [5.74, 6) is 0.955. The first-order valence-corrected chi connectivity index (χ1v) is 6.61. The second-order valence-electron chi connectivity index (χ2n) is 4.93. The van der Waals surface area contributed by atoms with Gasteiger partial charge < -0.3 is 20.5 Å². The molecule has 2 unspecified atom stereocenters. The average Bonchev–Trinajstić information content (AvgIpc) is 2.92. The van der Waals surface area contributed by atoms with Crippen molar-refractivity contribution in [2.45, 2.75) is 38.6 Å². The Morgan fingerprint density at radius 2 is 2.05 bits per heavy atom. The third-order valence-electron chi connectivity index (χ3n) is 3.32. The van der Waals surface area contributed by atoms with E-state index in [1.807, 2.05) is 6.92 Å². The van der Waals surface area contributed by atoms with Gasteiger partial charge in [-0.15, -0.1) is 0 Å². The summed E-state index contributed by atoms with van der Waals surface area (Å²) in [6.45, 7) is 4.08. The predicted octanol–water partition coefficient (Wildman–Crippen LogP) is 2.24. The summed E-state index contributed by atoms with van der Waals surface area (Å²) in [6.07, 6.45) is 1.37. The van der Waals surface area contributed by atoms with Crippen molar-refractivity contribution in [1.82, 2.24) is 10.1 Å². The fraction of sp³-hybridized carbons (Fsp3) is 0.429. The first-order chi connectivity index (χ1) is 9.51. The van der Waals surface area contributed by atoms with E-state index in [1.54, 1.807) is 6.07 Å². The van der Waals surface area contributed by atoms with Gasteiger partial charge in [0.25, 0.3) is 0 Å². The van der Waals surface area contributed by atoms with Gasteiger partial charge in [0, 0.05) is 5.92 Å². The van der Waals surface area contributed by atoms with Crippen LogP contribution in [0.5, 0.6) is 11.5 Å². The van der Waals surface area contributed by atoms with Crippen LogP contribution in [0.3, 0.4) is 0 Å². The van der Waals surface area contributed by atoms with Gasteiger partial charge in [-0.05, 0) is 30.5 Å². The van der Waals surface area contributed by atoms with Crippen LogP contribution >= 0.6 is 0 Å². The Balaban J connectivity index is 2.09. The predicted molar refractivity (Wildman–Crippen MR) is 73.4 cm³/mol. The molecule has 0 aliphatic rings. The Bertz CT molecular complexity index is 583. The molecule has 108 valence electrons. The average molecular weight is 277 g/mol. The zero-order chi connectivity index (χ0) is 14.7. The second-order valence-corrected chi connectivity index (χ2v) is 4.93. The van der Waals surface area contributed by atoms with Crippen molar-refractivity contribution >= 4 is 0 Å². The molecule has 1 heterocycles. The molecule has 20 heavy (non-hydrogen) atoms. The molecule has 0 spiro atoms. The Morgan fingerprint density at radius 3 is 2.70 bits per heavy atom. The minimum Gasteiger partial charge on any atom is -0.504 e. The molecular formula is C14H19N3O3. The highest BCUT2D eigenvalue weighted by Crippen LogP contribution is 2.27. The Labute approximate surface area is 117 Å². The minimum atomic E-state index is -0.441. The quantitative estimate of drug-likeness (QED) is 0.724. The van der Waals surface area contributed by atoms with Crippen LogP contribution in [0.15, 0.2) is 22.7 Å². The number of hydrogen-bond acceptors (Lipinski definition) is 6. The van der Waals surface area contributed by atoms with E-state index < -0.39 is 6.04 Å². The van der Waals surface area contributed by atoms with Gasteiger partial charge in [0.1, 0.15) is 0 Å².